The van der Waals surface area contributed by atoms with Gasteiger partial charge in [0, 0.05) is 24.2 Å². The number of halogens is 3. The van der Waals surface area contributed by atoms with Gasteiger partial charge < -0.3 is 10.1 Å². The Hall–Kier alpha value is -3.93. The normalized spacial score (nSPS) is 12.2. The molecule has 0 spiro atoms. The molecule has 0 saturated carbocycles. The van der Waals surface area contributed by atoms with Crippen LogP contribution in [0.5, 0.6) is 5.75 Å². The number of hydrogen-bond donors (Lipinski definition) is 1. The quantitative estimate of drug-likeness (QED) is 0.229. The summed E-state index contributed by atoms with van der Waals surface area (Å²) in [6.07, 6.45) is -0.0603. The zero-order chi connectivity index (χ0) is 26.3. The minimum absolute atomic E-state index is 0.116. The maximum atomic E-state index is 13.1. The van der Waals surface area contributed by atoms with Gasteiger partial charge in [-0.1, -0.05) is 47.3 Å². The third kappa shape index (κ3) is 7.53. The number of rotatable bonds is 10. The number of hydrogen-bond acceptors (Lipinski definition) is 7. The van der Waals surface area contributed by atoms with Gasteiger partial charge in [0.2, 0.25) is 0 Å². The summed E-state index contributed by atoms with van der Waals surface area (Å²) in [5.41, 5.74) is 2.16. The van der Waals surface area contributed by atoms with Crippen LogP contribution >= 0.6 is 11.8 Å². The Morgan fingerprint density at radius 1 is 1.05 bits per heavy atom. The highest BCUT2D eigenvalue weighted by molar-refractivity contribution is 7.98. The van der Waals surface area contributed by atoms with E-state index in [1.54, 1.807) is 18.5 Å². The first kappa shape index (κ1) is 26.1. The Kier molecular flexibility index (Phi) is 8.39. The van der Waals surface area contributed by atoms with Gasteiger partial charge in [-0.2, -0.15) is 0 Å². The molecule has 2 aromatic carbocycles. The average molecular weight is 529 g/mol. The van der Waals surface area contributed by atoms with Crippen LogP contribution in [0.2, 0.25) is 0 Å². The maximum Gasteiger partial charge on any atom is 0.573 e. The molecular formula is C25H23F3N6O2S. The fourth-order valence-electron chi connectivity index (χ4n) is 3.49. The van der Waals surface area contributed by atoms with Crippen molar-refractivity contribution in [1.82, 2.24) is 30.3 Å². The molecule has 12 heteroatoms. The Balaban J connectivity index is 1.53. The predicted molar refractivity (Wildman–Crippen MR) is 131 cm³/mol. The number of aromatic nitrogens is 5. The highest BCUT2D eigenvalue weighted by Crippen LogP contribution is 2.26. The average Bonchev–Trinajstić information content (AvgIpc) is 3.31. The van der Waals surface area contributed by atoms with Crippen molar-refractivity contribution in [3.05, 3.63) is 90.0 Å². The van der Waals surface area contributed by atoms with Crippen molar-refractivity contribution >= 4 is 17.7 Å². The lowest BCUT2D eigenvalue weighted by atomic mass is 10.1. The number of alkyl halides is 3. The van der Waals surface area contributed by atoms with Crippen molar-refractivity contribution in [3.63, 3.8) is 0 Å². The first-order chi connectivity index (χ1) is 17.8. The van der Waals surface area contributed by atoms with E-state index in [2.05, 4.69) is 30.3 Å². The van der Waals surface area contributed by atoms with Gasteiger partial charge >= 0.3 is 6.36 Å². The van der Waals surface area contributed by atoms with Crippen LogP contribution in [0, 0.1) is 0 Å². The molecule has 1 N–H and O–H groups in total. The molecule has 1 unspecified atom stereocenters. The molecule has 2 heterocycles. The largest absolute Gasteiger partial charge is 0.573 e. The van der Waals surface area contributed by atoms with Crippen LogP contribution in [0.1, 0.15) is 35.1 Å². The van der Waals surface area contributed by atoms with Gasteiger partial charge in [-0.3, -0.25) is 4.79 Å². The van der Waals surface area contributed by atoms with Gasteiger partial charge in [-0.25, -0.2) is 14.6 Å². The lowest BCUT2D eigenvalue weighted by Gasteiger charge is -2.14. The number of carbonyl (C=O) groups excluding carboxylic acids is 1. The number of nitrogens with zero attached hydrogens (tertiary/aromatic N) is 5. The van der Waals surface area contributed by atoms with Crippen molar-refractivity contribution in [2.24, 2.45) is 0 Å². The predicted octanol–water partition coefficient (Wildman–Crippen LogP) is 5.00. The minimum atomic E-state index is -4.80. The molecule has 0 aliphatic carbocycles. The van der Waals surface area contributed by atoms with Crippen LogP contribution in [0.3, 0.4) is 0 Å². The number of nitrogens with one attached hydrogen (secondary N) is 1. The first-order valence-corrected chi connectivity index (χ1v) is 12.3. The van der Waals surface area contributed by atoms with E-state index in [0.717, 1.165) is 12.8 Å². The fraction of sp³-hybridized carbons (Fsp3) is 0.240. The molecule has 0 aliphatic heterocycles. The van der Waals surface area contributed by atoms with Crippen molar-refractivity contribution in [2.75, 3.05) is 0 Å². The summed E-state index contributed by atoms with van der Waals surface area (Å²) in [6.45, 7) is 1.91. The van der Waals surface area contributed by atoms with Gasteiger partial charge in [0.05, 0.1) is 11.4 Å². The van der Waals surface area contributed by atoms with Crippen LogP contribution in [0.25, 0.3) is 5.69 Å². The molecule has 0 fully saturated rings. The fourth-order valence-corrected chi connectivity index (χ4v) is 4.28. The van der Waals surface area contributed by atoms with Gasteiger partial charge in [-0.05, 0) is 55.7 Å². The number of amides is 1. The van der Waals surface area contributed by atoms with Gasteiger partial charge in [0.25, 0.3) is 5.91 Å². The molecule has 0 aliphatic rings. The zero-order valence-electron chi connectivity index (χ0n) is 19.7. The number of thioether (sulfide) groups is 1. The molecule has 1 atom stereocenters. The van der Waals surface area contributed by atoms with E-state index >= 15 is 0 Å². The summed E-state index contributed by atoms with van der Waals surface area (Å²) in [4.78, 5) is 21.5. The molecule has 8 nitrogen and oxygen atoms in total. The standard InChI is InChI=1S/C25H23F3N6O2S/c1-17(8-9-18-6-3-2-4-7-18)31-23(35)22-21(16-37-24-29-14-5-15-30-24)34(33-32-22)19-10-12-20(13-11-19)36-25(26,27)28/h2-7,10-15,17H,8-9,16H2,1H3,(H,31,35). The third-order valence-electron chi connectivity index (χ3n) is 5.26. The van der Waals surface area contributed by atoms with Crippen molar-refractivity contribution in [1.29, 1.82) is 0 Å². The van der Waals surface area contributed by atoms with Crippen molar-refractivity contribution in [3.8, 4) is 11.4 Å². The smallest absolute Gasteiger partial charge is 0.406 e. The van der Waals surface area contributed by atoms with E-state index in [0.29, 0.717) is 16.5 Å². The number of carbonyl (C=O) groups is 1. The molecule has 1 amide bonds. The topological polar surface area (TPSA) is 94.8 Å². The van der Waals surface area contributed by atoms with E-state index in [-0.39, 0.29) is 23.2 Å². The van der Waals surface area contributed by atoms with E-state index in [1.165, 1.54) is 46.3 Å². The second-order valence-electron chi connectivity index (χ2n) is 8.06. The second kappa shape index (κ2) is 11.9. The number of benzene rings is 2. The van der Waals surface area contributed by atoms with Crippen LogP contribution < -0.4 is 10.1 Å². The molecule has 0 saturated heterocycles. The molecule has 0 radical (unpaired) electrons. The summed E-state index contributed by atoms with van der Waals surface area (Å²) in [7, 11) is 0. The molecule has 2 aromatic heterocycles. The Bertz CT molecular complexity index is 1300. The Morgan fingerprint density at radius 3 is 2.43 bits per heavy atom. The van der Waals surface area contributed by atoms with Crippen LogP contribution in [0.4, 0.5) is 13.2 Å². The first-order valence-electron chi connectivity index (χ1n) is 11.3. The van der Waals surface area contributed by atoms with Gasteiger partial charge in [-0.15, -0.1) is 18.3 Å². The van der Waals surface area contributed by atoms with E-state index in [9.17, 15) is 18.0 Å². The summed E-state index contributed by atoms with van der Waals surface area (Å²) in [5.74, 6) is -0.512. The summed E-state index contributed by atoms with van der Waals surface area (Å²) >= 11 is 1.28. The van der Waals surface area contributed by atoms with Gasteiger partial charge in [0.15, 0.2) is 10.9 Å². The Labute approximate surface area is 215 Å². The number of ether oxygens (including phenoxy) is 1. The van der Waals surface area contributed by atoms with E-state index < -0.39 is 12.3 Å². The van der Waals surface area contributed by atoms with Crippen LogP contribution in [0.15, 0.2) is 78.2 Å². The lowest BCUT2D eigenvalue weighted by Crippen LogP contribution is -2.33. The third-order valence-corrected chi connectivity index (χ3v) is 6.15. The van der Waals surface area contributed by atoms with Crippen molar-refractivity contribution in [2.45, 2.75) is 43.1 Å². The molecule has 4 aromatic rings. The van der Waals surface area contributed by atoms with E-state index in [4.69, 9.17) is 0 Å². The number of aryl methyl sites for hydroxylation is 1. The SMILES string of the molecule is CC(CCc1ccccc1)NC(=O)c1nnn(-c2ccc(OC(F)(F)F)cc2)c1CSc1ncccn1. The minimum Gasteiger partial charge on any atom is -0.406 e. The molecule has 0 bridgehead atoms. The summed E-state index contributed by atoms with van der Waals surface area (Å²) < 4.78 is 42.9. The maximum absolute atomic E-state index is 13.1. The molecule has 192 valence electrons. The van der Waals surface area contributed by atoms with Crippen molar-refractivity contribution < 1.29 is 22.7 Å². The van der Waals surface area contributed by atoms with Crippen LogP contribution in [-0.4, -0.2) is 43.3 Å². The van der Waals surface area contributed by atoms with E-state index in [1.807, 2.05) is 37.3 Å². The molecule has 4 rings (SSSR count). The summed E-state index contributed by atoms with van der Waals surface area (Å²) in [6, 6.07) is 16.7. The highest BCUT2D eigenvalue weighted by Gasteiger charge is 2.31. The summed E-state index contributed by atoms with van der Waals surface area (Å²) in [5, 5.41) is 11.7. The molecular weight excluding hydrogens is 505 g/mol. The Morgan fingerprint density at radius 2 is 1.76 bits per heavy atom. The highest BCUT2D eigenvalue weighted by atomic mass is 32.2. The monoisotopic (exact) mass is 528 g/mol. The van der Waals surface area contributed by atoms with Crippen LogP contribution in [-0.2, 0) is 12.2 Å². The molecule has 37 heavy (non-hydrogen) atoms. The zero-order valence-corrected chi connectivity index (χ0v) is 20.5. The van der Waals surface area contributed by atoms with Gasteiger partial charge in [0.1, 0.15) is 5.75 Å². The second-order valence-corrected chi connectivity index (χ2v) is 9.00. The lowest BCUT2D eigenvalue weighted by molar-refractivity contribution is -0.274.